The highest BCUT2D eigenvalue weighted by Gasteiger charge is 2.49. The van der Waals surface area contributed by atoms with Gasteiger partial charge < -0.3 is 0 Å². The molecule has 2 aliphatic heterocycles. The zero-order valence-electron chi connectivity index (χ0n) is 20.6. The highest BCUT2D eigenvalue weighted by molar-refractivity contribution is 7.99. The monoisotopic (exact) mass is 486 g/mol. The van der Waals surface area contributed by atoms with Gasteiger partial charge in [-0.25, -0.2) is 4.99 Å². The van der Waals surface area contributed by atoms with E-state index in [-0.39, 0.29) is 11.9 Å². The molecular formula is C27H30N6OS. The lowest BCUT2D eigenvalue weighted by atomic mass is 10.1. The van der Waals surface area contributed by atoms with Gasteiger partial charge in [0.25, 0.3) is 5.91 Å². The van der Waals surface area contributed by atoms with E-state index in [0.717, 1.165) is 57.7 Å². The molecule has 180 valence electrons. The largest absolute Gasteiger partial charge is 0.289 e. The molecule has 0 spiro atoms. The van der Waals surface area contributed by atoms with Crippen LogP contribution >= 0.6 is 11.8 Å². The third kappa shape index (κ3) is 3.75. The van der Waals surface area contributed by atoms with Gasteiger partial charge in [-0.15, -0.1) is 11.8 Å². The van der Waals surface area contributed by atoms with Gasteiger partial charge in [0.2, 0.25) is 5.96 Å². The van der Waals surface area contributed by atoms with Crippen molar-refractivity contribution in [2.24, 2.45) is 4.99 Å². The molecule has 6 rings (SSSR count). The Labute approximate surface area is 210 Å². The molecule has 35 heavy (non-hydrogen) atoms. The zero-order valence-corrected chi connectivity index (χ0v) is 21.4. The molecule has 2 aromatic heterocycles. The number of aryl methyl sites for hydroxylation is 1. The number of aromatic nitrogens is 3. The zero-order chi connectivity index (χ0) is 24.3. The number of hydrogen-bond acceptors (Lipinski definition) is 6. The second kappa shape index (κ2) is 8.52. The predicted octanol–water partition coefficient (Wildman–Crippen LogP) is 4.99. The molecule has 1 saturated carbocycles. The van der Waals surface area contributed by atoms with Gasteiger partial charge >= 0.3 is 0 Å². The standard InChI is InChI=1S/C27H30N6OS/c1-16(2)35-26-23-24(33-22-10-6-9-21(22)29-27(33)31(4)25(23)34)30-32(26)15-18-11-13-19(14-12-18)20-8-5-7-17(3)28-20/h5,7-8,11-14,16,21-22H,6,9-10,15H2,1-4H3/t21-,22+/m1/s1. The maximum Gasteiger partial charge on any atom is 0.266 e. The van der Waals surface area contributed by atoms with E-state index in [1.54, 1.807) is 16.7 Å². The second-order valence-electron chi connectivity index (χ2n) is 9.92. The number of carbonyl (C=O) groups is 1. The van der Waals surface area contributed by atoms with Crippen LogP contribution < -0.4 is 4.90 Å². The maximum absolute atomic E-state index is 13.5. The lowest BCUT2D eigenvalue weighted by molar-refractivity contribution is 0.0861. The molecular weight excluding hydrogens is 456 g/mol. The van der Waals surface area contributed by atoms with Gasteiger partial charge in [-0.2, -0.15) is 5.10 Å². The fraction of sp³-hybridized carbons (Fsp3) is 0.407. The summed E-state index contributed by atoms with van der Waals surface area (Å²) in [5.74, 6) is 1.54. The van der Waals surface area contributed by atoms with Crippen molar-refractivity contribution in [1.29, 1.82) is 0 Å². The molecule has 0 unspecified atom stereocenters. The Morgan fingerprint density at radius 3 is 2.66 bits per heavy atom. The van der Waals surface area contributed by atoms with Crippen LogP contribution in [0.4, 0.5) is 5.82 Å². The van der Waals surface area contributed by atoms with E-state index >= 15 is 0 Å². The predicted molar refractivity (Wildman–Crippen MR) is 140 cm³/mol. The van der Waals surface area contributed by atoms with Crippen LogP contribution in [-0.2, 0) is 6.54 Å². The smallest absolute Gasteiger partial charge is 0.266 e. The van der Waals surface area contributed by atoms with Gasteiger partial charge in [-0.1, -0.05) is 44.2 Å². The van der Waals surface area contributed by atoms with Crippen molar-refractivity contribution in [1.82, 2.24) is 19.7 Å². The Balaban J connectivity index is 1.38. The topological polar surface area (TPSA) is 66.6 Å². The molecule has 0 radical (unpaired) electrons. The summed E-state index contributed by atoms with van der Waals surface area (Å²) in [6.45, 7) is 6.93. The molecule has 8 heteroatoms. The minimum absolute atomic E-state index is 0.00903. The summed E-state index contributed by atoms with van der Waals surface area (Å²) in [5.41, 5.74) is 4.94. The summed E-state index contributed by atoms with van der Waals surface area (Å²) in [6, 6.07) is 15.1. The Morgan fingerprint density at radius 1 is 1.11 bits per heavy atom. The van der Waals surface area contributed by atoms with E-state index in [1.807, 2.05) is 36.9 Å². The average molecular weight is 487 g/mol. The molecule has 3 aromatic rings. The molecule has 1 aromatic carbocycles. The number of nitrogens with zero attached hydrogens (tertiary/aromatic N) is 6. The minimum Gasteiger partial charge on any atom is -0.289 e. The minimum atomic E-state index is -0.00903. The van der Waals surface area contributed by atoms with E-state index in [9.17, 15) is 4.79 Å². The quantitative estimate of drug-likeness (QED) is 0.476. The number of fused-ring (bicyclic) bond motifs is 5. The van der Waals surface area contributed by atoms with E-state index in [0.29, 0.717) is 17.8 Å². The van der Waals surface area contributed by atoms with Gasteiger partial charge in [-0.05, 0) is 43.9 Å². The number of guanidine groups is 1. The summed E-state index contributed by atoms with van der Waals surface area (Å²) >= 11 is 1.71. The van der Waals surface area contributed by atoms with Crippen molar-refractivity contribution in [3.63, 3.8) is 0 Å². The number of anilines is 1. The van der Waals surface area contributed by atoms with Crippen LogP contribution in [0.5, 0.6) is 0 Å². The van der Waals surface area contributed by atoms with Crippen LogP contribution in [0.3, 0.4) is 0 Å². The fourth-order valence-corrected chi connectivity index (χ4v) is 6.36. The first-order valence-corrected chi connectivity index (χ1v) is 13.2. The number of benzene rings is 1. The molecule has 0 saturated heterocycles. The number of amides is 1. The number of rotatable bonds is 5. The fourth-order valence-electron chi connectivity index (χ4n) is 5.39. The van der Waals surface area contributed by atoms with Gasteiger partial charge in [0.05, 0.1) is 24.3 Å². The molecule has 4 heterocycles. The maximum atomic E-state index is 13.5. The Morgan fingerprint density at radius 2 is 1.91 bits per heavy atom. The summed E-state index contributed by atoms with van der Waals surface area (Å²) in [7, 11) is 1.84. The summed E-state index contributed by atoms with van der Waals surface area (Å²) in [4.78, 5) is 27.0. The third-order valence-corrected chi connectivity index (χ3v) is 8.13. The summed E-state index contributed by atoms with van der Waals surface area (Å²) in [6.07, 6.45) is 3.34. The normalized spacial score (nSPS) is 20.8. The lowest BCUT2D eigenvalue weighted by Crippen LogP contribution is -2.51. The molecule has 0 bridgehead atoms. The van der Waals surface area contributed by atoms with Gasteiger partial charge in [0, 0.05) is 23.6 Å². The van der Waals surface area contributed by atoms with Crippen LogP contribution in [-0.4, -0.2) is 55.9 Å². The van der Waals surface area contributed by atoms with Crippen LogP contribution in [0, 0.1) is 6.92 Å². The second-order valence-corrected chi connectivity index (χ2v) is 11.5. The van der Waals surface area contributed by atoms with Crippen molar-refractivity contribution < 1.29 is 4.79 Å². The Kier molecular flexibility index (Phi) is 5.44. The van der Waals surface area contributed by atoms with Crippen molar-refractivity contribution in [2.45, 2.75) is 68.9 Å². The Bertz CT molecular complexity index is 1330. The molecule has 2 atom stereocenters. The molecule has 1 amide bonds. The van der Waals surface area contributed by atoms with Crippen LogP contribution in [0.1, 0.15) is 54.7 Å². The van der Waals surface area contributed by atoms with Crippen molar-refractivity contribution in [2.75, 3.05) is 11.9 Å². The van der Waals surface area contributed by atoms with E-state index in [4.69, 9.17) is 10.1 Å². The molecule has 0 N–H and O–H groups in total. The molecule has 1 aliphatic carbocycles. The van der Waals surface area contributed by atoms with Crippen molar-refractivity contribution in [3.8, 4) is 11.3 Å². The number of hydrogen-bond donors (Lipinski definition) is 0. The summed E-state index contributed by atoms with van der Waals surface area (Å²) < 4.78 is 2.02. The number of pyridine rings is 1. The van der Waals surface area contributed by atoms with E-state index < -0.39 is 0 Å². The average Bonchev–Trinajstić information content (AvgIpc) is 3.51. The third-order valence-electron chi connectivity index (χ3n) is 7.02. The van der Waals surface area contributed by atoms with E-state index in [2.05, 4.69) is 48.0 Å². The number of thioether (sulfide) groups is 1. The summed E-state index contributed by atoms with van der Waals surface area (Å²) in [5, 5.41) is 6.33. The first kappa shape index (κ1) is 22.3. The van der Waals surface area contributed by atoms with Crippen LogP contribution in [0.15, 0.2) is 52.5 Å². The van der Waals surface area contributed by atoms with Gasteiger partial charge in [-0.3, -0.25) is 24.3 Å². The van der Waals surface area contributed by atoms with Gasteiger partial charge in [0.1, 0.15) is 10.6 Å². The number of carbonyl (C=O) groups excluding carboxylic acids is 1. The number of aliphatic imine (C=N–C) groups is 1. The first-order chi connectivity index (χ1) is 16.9. The lowest BCUT2D eigenvalue weighted by Gasteiger charge is -2.34. The molecule has 3 aliphatic rings. The van der Waals surface area contributed by atoms with Gasteiger partial charge in [0.15, 0.2) is 5.82 Å². The first-order valence-electron chi connectivity index (χ1n) is 12.4. The van der Waals surface area contributed by atoms with Crippen LogP contribution in [0.25, 0.3) is 11.3 Å². The van der Waals surface area contributed by atoms with Crippen molar-refractivity contribution in [3.05, 3.63) is 59.3 Å². The van der Waals surface area contributed by atoms with Crippen molar-refractivity contribution >= 4 is 29.4 Å². The highest BCUT2D eigenvalue weighted by atomic mass is 32.2. The highest BCUT2D eigenvalue weighted by Crippen LogP contribution is 2.43. The van der Waals surface area contributed by atoms with Crippen LogP contribution in [0.2, 0.25) is 0 Å². The SMILES string of the molecule is Cc1cccc(-c2ccc(Cn3nc4c(c3SC(C)C)C(=O)N(C)C3=N[C@@H]5CCC[C@@H]5N34)cc2)n1. The molecule has 7 nitrogen and oxygen atoms in total. The molecule has 1 fully saturated rings. The Hall–Kier alpha value is -3.13. The van der Waals surface area contributed by atoms with E-state index in [1.165, 1.54) is 6.42 Å².